The van der Waals surface area contributed by atoms with Gasteiger partial charge in [0.1, 0.15) is 0 Å². The van der Waals surface area contributed by atoms with E-state index in [4.69, 9.17) is 0 Å². The first-order chi connectivity index (χ1) is 11.4. The van der Waals surface area contributed by atoms with Gasteiger partial charge in [-0.2, -0.15) is 13.2 Å². The molecule has 2 aromatic rings. The number of thioether (sulfide) groups is 1. The van der Waals surface area contributed by atoms with E-state index >= 15 is 0 Å². The summed E-state index contributed by atoms with van der Waals surface area (Å²) in [5.41, 5.74) is 1.72. The Balaban J connectivity index is 1.87. The van der Waals surface area contributed by atoms with Crippen molar-refractivity contribution in [2.24, 2.45) is 0 Å². The third-order valence-corrected chi connectivity index (χ3v) is 4.43. The summed E-state index contributed by atoms with van der Waals surface area (Å²) in [6.07, 6.45) is -3.53. The van der Waals surface area contributed by atoms with Crippen molar-refractivity contribution < 1.29 is 18.0 Å². The number of alkyl halides is 3. The molecule has 0 saturated carbocycles. The van der Waals surface area contributed by atoms with Crippen LogP contribution in [0.3, 0.4) is 0 Å². The van der Waals surface area contributed by atoms with Gasteiger partial charge in [0.2, 0.25) is 5.91 Å². The Labute approximate surface area is 143 Å². The van der Waals surface area contributed by atoms with Gasteiger partial charge >= 0.3 is 6.18 Å². The normalized spacial score (nSPS) is 11.3. The number of anilines is 1. The second-order valence-electron chi connectivity index (χ2n) is 5.25. The molecule has 0 bridgehead atoms. The van der Waals surface area contributed by atoms with Gasteiger partial charge in [-0.05, 0) is 29.7 Å². The van der Waals surface area contributed by atoms with E-state index in [1.54, 1.807) is 6.07 Å². The lowest BCUT2D eigenvalue weighted by atomic mass is 10.1. The molecule has 1 N–H and O–H groups in total. The Kier molecular flexibility index (Phi) is 6.31. The monoisotopic (exact) mass is 353 g/mol. The topological polar surface area (TPSA) is 29.1 Å². The second-order valence-corrected chi connectivity index (χ2v) is 6.24. The number of halogens is 3. The van der Waals surface area contributed by atoms with Crippen LogP contribution in [0, 0.1) is 0 Å². The number of amides is 1. The Morgan fingerprint density at radius 2 is 1.88 bits per heavy atom. The number of aryl methyl sites for hydroxylation is 1. The van der Waals surface area contributed by atoms with Crippen molar-refractivity contribution in [1.29, 1.82) is 0 Å². The van der Waals surface area contributed by atoms with E-state index in [0.29, 0.717) is 11.3 Å². The fraction of sp³-hybridized carbons (Fsp3) is 0.278. The molecule has 0 spiro atoms. The Morgan fingerprint density at radius 3 is 2.58 bits per heavy atom. The fourth-order valence-electron chi connectivity index (χ4n) is 2.24. The molecular formula is C18H18F3NOS. The first-order valence-corrected chi connectivity index (χ1v) is 8.67. The Hall–Kier alpha value is -1.95. The SMILES string of the molecule is CCc1ccccc1NC(=O)CSCc1cccc(C(F)(F)F)c1. The van der Waals surface area contributed by atoms with Crippen LogP contribution in [0.5, 0.6) is 0 Å². The van der Waals surface area contributed by atoms with E-state index in [1.807, 2.05) is 31.2 Å². The van der Waals surface area contributed by atoms with Crippen LogP contribution in [0.4, 0.5) is 18.9 Å². The van der Waals surface area contributed by atoms with Crippen LogP contribution in [0.1, 0.15) is 23.6 Å². The molecule has 6 heteroatoms. The lowest BCUT2D eigenvalue weighted by Gasteiger charge is -2.10. The van der Waals surface area contributed by atoms with Gasteiger partial charge in [0.05, 0.1) is 11.3 Å². The predicted octanol–water partition coefficient (Wildman–Crippen LogP) is 5.14. The first kappa shape index (κ1) is 18.4. The van der Waals surface area contributed by atoms with E-state index in [0.717, 1.165) is 29.8 Å². The van der Waals surface area contributed by atoms with Crippen LogP contribution in [0.2, 0.25) is 0 Å². The third-order valence-electron chi connectivity index (χ3n) is 3.43. The molecule has 2 nitrogen and oxygen atoms in total. The average molecular weight is 353 g/mol. The highest BCUT2D eigenvalue weighted by Gasteiger charge is 2.30. The maximum Gasteiger partial charge on any atom is 0.416 e. The summed E-state index contributed by atoms with van der Waals surface area (Å²) < 4.78 is 38.0. The molecule has 24 heavy (non-hydrogen) atoms. The smallest absolute Gasteiger partial charge is 0.325 e. The summed E-state index contributed by atoms with van der Waals surface area (Å²) >= 11 is 1.29. The van der Waals surface area contributed by atoms with Crippen molar-refractivity contribution in [3.8, 4) is 0 Å². The van der Waals surface area contributed by atoms with E-state index in [2.05, 4.69) is 5.32 Å². The van der Waals surface area contributed by atoms with Crippen molar-refractivity contribution in [3.05, 3.63) is 65.2 Å². The largest absolute Gasteiger partial charge is 0.416 e. The quantitative estimate of drug-likeness (QED) is 0.779. The molecular weight excluding hydrogens is 335 g/mol. The molecule has 0 atom stereocenters. The van der Waals surface area contributed by atoms with E-state index in [-0.39, 0.29) is 11.7 Å². The molecule has 128 valence electrons. The van der Waals surface area contributed by atoms with Gasteiger partial charge in [0.15, 0.2) is 0 Å². The highest BCUT2D eigenvalue weighted by atomic mass is 32.2. The van der Waals surface area contributed by atoms with Crippen molar-refractivity contribution in [2.75, 3.05) is 11.1 Å². The van der Waals surface area contributed by atoms with E-state index in [9.17, 15) is 18.0 Å². The van der Waals surface area contributed by atoms with E-state index < -0.39 is 11.7 Å². The molecule has 0 aliphatic rings. The maximum absolute atomic E-state index is 12.7. The van der Waals surface area contributed by atoms with Gasteiger partial charge in [-0.15, -0.1) is 11.8 Å². The number of para-hydroxylation sites is 1. The number of hydrogen-bond donors (Lipinski definition) is 1. The number of hydrogen-bond acceptors (Lipinski definition) is 2. The highest BCUT2D eigenvalue weighted by molar-refractivity contribution is 7.99. The third kappa shape index (κ3) is 5.30. The van der Waals surface area contributed by atoms with Crippen LogP contribution in [-0.2, 0) is 23.1 Å². The van der Waals surface area contributed by atoms with Crippen LogP contribution in [0.15, 0.2) is 48.5 Å². The molecule has 1 amide bonds. The highest BCUT2D eigenvalue weighted by Crippen LogP contribution is 2.30. The molecule has 0 heterocycles. The number of rotatable bonds is 6. The Bertz CT molecular complexity index is 701. The molecule has 0 radical (unpaired) electrons. The minimum atomic E-state index is -4.35. The summed E-state index contributed by atoms with van der Waals surface area (Å²) in [6, 6.07) is 12.7. The summed E-state index contributed by atoms with van der Waals surface area (Å²) in [4.78, 5) is 12.0. The van der Waals surface area contributed by atoms with Gasteiger partial charge in [-0.1, -0.05) is 43.3 Å². The van der Waals surface area contributed by atoms with Crippen LogP contribution >= 0.6 is 11.8 Å². The number of carbonyl (C=O) groups excluding carboxylic acids is 1. The van der Waals surface area contributed by atoms with Crippen molar-refractivity contribution in [3.63, 3.8) is 0 Å². The zero-order valence-electron chi connectivity index (χ0n) is 13.2. The van der Waals surface area contributed by atoms with Crippen LogP contribution in [-0.4, -0.2) is 11.7 Å². The molecule has 2 rings (SSSR count). The number of nitrogens with one attached hydrogen (secondary N) is 1. The first-order valence-electron chi connectivity index (χ1n) is 7.51. The summed E-state index contributed by atoms with van der Waals surface area (Å²) in [5.74, 6) is 0.383. The Morgan fingerprint density at radius 1 is 1.12 bits per heavy atom. The number of carbonyl (C=O) groups is 1. The van der Waals surface area contributed by atoms with Gasteiger partial charge in [0.25, 0.3) is 0 Å². The second kappa shape index (κ2) is 8.24. The standard InChI is InChI=1S/C18H18F3NOS/c1-2-14-7-3-4-9-16(14)22-17(23)12-24-11-13-6-5-8-15(10-13)18(19,20)21/h3-10H,2,11-12H2,1H3,(H,22,23). The van der Waals surface area contributed by atoms with Crippen molar-refractivity contribution in [2.45, 2.75) is 25.3 Å². The maximum atomic E-state index is 12.7. The van der Waals surface area contributed by atoms with Crippen LogP contribution in [0.25, 0.3) is 0 Å². The lowest BCUT2D eigenvalue weighted by molar-refractivity contribution is -0.137. The molecule has 0 unspecified atom stereocenters. The van der Waals surface area contributed by atoms with Crippen molar-refractivity contribution >= 4 is 23.4 Å². The molecule has 0 aromatic heterocycles. The molecule has 2 aromatic carbocycles. The zero-order chi connectivity index (χ0) is 17.6. The minimum absolute atomic E-state index is 0.159. The average Bonchev–Trinajstić information content (AvgIpc) is 2.55. The summed E-state index contributed by atoms with van der Waals surface area (Å²) in [7, 11) is 0. The minimum Gasteiger partial charge on any atom is -0.325 e. The predicted molar refractivity (Wildman–Crippen MR) is 92.1 cm³/mol. The van der Waals surface area contributed by atoms with Gasteiger partial charge in [0, 0.05) is 11.4 Å². The fourth-order valence-corrected chi connectivity index (χ4v) is 3.01. The lowest BCUT2D eigenvalue weighted by Crippen LogP contribution is -2.15. The van der Waals surface area contributed by atoms with Gasteiger partial charge < -0.3 is 5.32 Å². The summed E-state index contributed by atoms with van der Waals surface area (Å²) in [5, 5.41) is 2.84. The number of benzene rings is 2. The molecule has 0 aliphatic heterocycles. The summed E-state index contributed by atoms with van der Waals surface area (Å²) in [6.45, 7) is 2.01. The van der Waals surface area contributed by atoms with E-state index in [1.165, 1.54) is 17.8 Å². The molecule has 0 aliphatic carbocycles. The zero-order valence-corrected chi connectivity index (χ0v) is 14.0. The van der Waals surface area contributed by atoms with Crippen LogP contribution < -0.4 is 5.32 Å². The molecule has 0 saturated heterocycles. The van der Waals surface area contributed by atoms with Gasteiger partial charge in [-0.25, -0.2) is 0 Å². The van der Waals surface area contributed by atoms with Crippen molar-refractivity contribution in [1.82, 2.24) is 0 Å². The molecule has 0 fully saturated rings. The van der Waals surface area contributed by atoms with Gasteiger partial charge in [-0.3, -0.25) is 4.79 Å².